The molecular weight excluding hydrogens is 268 g/mol. The molecule has 4 nitrogen and oxygen atoms in total. The minimum Gasteiger partial charge on any atom is -0.359 e. The van der Waals surface area contributed by atoms with Crippen LogP contribution in [-0.2, 0) is 0 Å². The second-order valence-electron chi connectivity index (χ2n) is 5.31. The fourth-order valence-electron chi connectivity index (χ4n) is 2.35. The van der Waals surface area contributed by atoms with Crippen LogP contribution >= 0.6 is 12.2 Å². The molecule has 0 saturated heterocycles. The molecule has 0 amide bonds. The van der Waals surface area contributed by atoms with E-state index in [0.29, 0.717) is 11.2 Å². The molecule has 5 heteroatoms. The second-order valence-corrected chi connectivity index (χ2v) is 5.71. The highest BCUT2D eigenvalue weighted by Gasteiger charge is 2.13. The summed E-state index contributed by atoms with van der Waals surface area (Å²) in [5.41, 5.74) is 5.81. The van der Waals surface area contributed by atoms with Gasteiger partial charge in [-0.25, -0.2) is 0 Å². The lowest BCUT2D eigenvalue weighted by atomic mass is 9.96. The Morgan fingerprint density at radius 2 is 2.05 bits per heavy atom. The van der Waals surface area contributed by atoms with E-state index in [9.17, 15) is 0 Å². The first kappa shape index (κ1) is 14.9. The van der Waals surface area contributed by atoms with Crippen molar-refractivity contribution in [3.8, 4) is 0 Å². The molecule has 1 saturated carbocycles. The fourth-order valence-corrected chi connectivity index (χ4v) is 2.56. The molecule has 1 fully saturated rings. The number of hydrogen-bond donors (Lipinski definition) is 2. The lowest BCUT2D eigenvalue weighted by molar-refractivity contribution is 0.412. The standard InChI is InChI=1S/C15H22N4S/c1-11-8-9-13(10-16-11)12(2)18-19-15(20)17-14-6-4-3-5-7-14/h8-10,14H,3-7H2,1-2H3,(H2,17,19,20)/b18-12+. The number of aryl methyl sites for hydroxylation is 1. The van der Waals surface area contributed by atoms with Gasteiger partial charge in [0.2, 0.25) is 0 Å². The third kappa shape index (κ3) is 4.56. The predicted molar refractivity (Wildman–Crippen MR) is 86.9 cm³/mol. The highest BCUT2D eigenvalue weighted by Crippen LogP contribution is 2.17. The van der Waals surface area contributed by atoms with E-state index >= 15 is 0 Å². The van der Waals surface area contributed by atoms with E-state index in [-0.39, 0.29) is 0 Å². The van der Waals surface area contributed by atoms with Gasteiger partial charge in [0.15, 0.2) is 5.11 Å². The quantitative estimate of drug-likeness (QED) is 0.510. The Kier molecular flexibility index (Phi) is 5.47. The number of rotatable bonds is 3. The third-order valence-corrected chi connectivity index (χ3v) is 3.80. The first-order valence-corrected chi connectivity index (χ1v) is 7.60. The van der Waals surface area contributed by atoms with Crippen molar-refractivity contribution in [1.82, 2.24) is 15.7 Å². The largest absolute Gasteiger partial charge is 0.359 e. The van der Waals surface area contributed by atoms with E-state index in [0.717, 1.165) is 17.0 Å². The van der Waals surface area contributed by atoms with Crippen molar-refractivity contribution >= 4 is 23.0 Å². The number of thiocarbonyl (C=S) groups is 1. The molecule has 1 aromatic heterocycles. The fraction of sp³-hybridized carbons (Fsp3) is 0.533. The van der Waals surface area contributed by atoms with Crippen LogP contribution in [0.25, 0.3) is 0 Å². The normalized spacial score (nSPS) is 16.8. The molecule has 0 spiro atoms. The summed E-state index contributed by atoms with van der Waals surface area (Å²) in [5, 5.41) is 8.25. The molecule has 1 aromatic rings. The highest BCUT2D eigenvalue weighted by atomic mass is 32.1. The maximum absolute atomic E-state index is 5.28. The molecule has 1 aliphatic carbocycles. The van der Waals surface area contributed by atoms with Crippen LogP contribution in [0, 0.1) is 6.92 Å². The van der Waals surface area contributed by atoms with Gasteiger partial charge in [0.1, 0.15) is 0 Å². The lowest BCUT2D eigenvalue weighted by Crippen LogP contribution is -2.41. The van der Waals surface area contributed by atoms with Crippen LogP contribution in [0.15, 0.2) is 23.4 Å². The van der Waals surface area contributed by atoms with Gasteiger partial charge in [-0.05, 0) is 51.0 Å². The summed E-state index contributed by atoms with van der Waals surface area (Å²) in [6.45, 7) is 3.92. The van der Waals surface area contributed by atoms with Gasteiger partial charge in [-0.15, -0.1) is 0 Å². The van der Waals surface area contributed by atoms with E-state index in [1.165, 1.54) is 32.1 Å². The van der Waals surface area contributed by atoms with Crippen LogP contribution in [0.3, 0.4) is 0 Å². The summed E-state index contributed by atoms with van der Waals surface area (Å²) in [7, 11) is 0. The summed E-state index contributed by atoms with van der Waals surface area (Å²) in [5.74, 6) is 0. The van der Waals surface area contributed by atoms with Crippen LogP contribution in [0.2, 0.25) is 0 Å². The average Bonchev–Trinajstić information content (AvgIpc) is 2.46. The zero-order chi connectivity index (χ0) is 14.4. The van der Waals surface area contributed by atoms with Gasteiger partial charge in [0.25, 0.3) is 0 Å². The van der Waals surface area contributed by atoms with E-state index in [4.69, 9.17) is 12.2 Å². The number of aromatic nitrogens is 1. The van der Waals surface area contributed by atoms with Crippen LogP contribution in [0.4, 0.5) is 0 Å². The molecule has 2 N–H and O–H groups in total. The van der Waals surface area contributed by atoms with E-state index in [1.54, 1.807) is 0 Å². The first-order chi connectivity index (χ1) is 9.65. The maximum Gasteiger partial charge on any atom is 0.187 e. The molecule has 0 atom stereocenters. The van der Waals surface area contributed by atoms with Gasteiger partial charge in [-0.2, -0.15) is 5.10 Å². The number of pyridine rings is 1. The molecule has 0 radical (unpaired) electrons. The van der Waals surface area contributed by atoms with Crippen molar-refractivity contribution < 1.29 is 0 Å². The first-order valence-electron chi connectivity index (χ1n) is 7.19. The van der Waals surface area contributed by atoms with Gasteiger partial charge in [-0.1, -0.05) is 19.3 Å². The molecule has 1 heterocycles. The maximum atomic E-state index is 5.28. The van der Waals surface area contributed by atoms with E-state index in [2.05, 4.69) is 20.8 Å². The van der Waals surface area contributed by atoms with E-state index < -0.39 is 0 Å². The Bertz CT molecular complexity index is 475. The molecule has 0 bridgehead atoms. The molecule has 1 aliphatic rings. The lowest BCUT2D eigenvalue weighted by Gasteiger charge is -2.23. The minimum absolute atomic E-state index is 0.500. The van der Waals surface area contributed by atoms with Gasteiger partial charge in [0.05, 0.1) is 5.71 Å². The Morgan fingerprint density at radius 3 is 2.70 bits per heavy atom. The summed E-state index contributed by atoms with van der Waals surface area (Å²) in [6.07, 6.45) is 8.15. The van der Waals surface area contributed by atoms with Gasteiger partial charge >= 0.3 is 0 Å². The van der Waals surface area contributed by atoms with Crippen molar-refractivity contribution in [2.75, 3.05) is 0 Å². The SMILES string of the molecule is C/C(=N\NC(=S)NC1CCCCC1)c1ccc(C)nc1. The average molecular weight is 290 g/mol. The van der Waals surface area contributed by atoms with Crippen LogP contribution < -0.4 is 10.7 Å². The zero-order valence-corrected chi connectivity index (χ0v) is 13.0. The van der Waals surface area contributed by atoms with Gasteiger partial charge < -0.3 is 5.32 Å². The molecule has 2 rings (SSSR count). The van der Waals surface area contributed by atoms with Crippen molar-refractivity contribution in [1.29, 1.82) is 0 Å². The number of nitrogens with zero attached hydrogens (tertiary/aromatic N) is 2. The third-order valence-electron chi connectivity index (χ3n) is 3.59. The van der Waals surface area contributed by atoms with Crippen molar-refractivity contribution in [3.63, 3.8) is 0 Å². The molecule has 0 aliphatic heterocycles. The van der Waals surface area contributed by atoms with Crippen LogP contribution in [0.1, 0.15) is 50.3 Å². The number of nitrogens with one attached hydrogen (secondary N) is 2. The monoisotopic (exact) mass is 290 g/mol. The topological polar surface area (TPSA) is 49.3 Å². The molecule has 0 aromatic carbocycles. The van der Waals surface area contributed by atoms with Gasteiger partial charge in [-0.3, -0.25) is 10.4 Å². The summed E-state index contributed by atoms with van der Waals surface area (Å²) < 4.78 is 0. The summed E-state index contributed by atoms with van der Waals surface area (Å²) in [4.78, 5) is 4.26. The Balaban J connectivity index is 1.84. The Morgan fingerprint density at radius 1 is 1.30 bits per heavy atom. The Hall–Kier alpha value is -1.49. The summed E-state index contributed by atoms with van der Waals surface area (Å²) in [6, 6.07) is 4.49. The van der Waals surface area contributed by atoms with E-state index in [1.807, 2.05) is 32.2 Å². The molecule has 20 heavy (non-hydrogen) atoms. The molecule has 108 valence electrons. The van der Waals surface area contributed by atoms with Crippen LogP contribution in [0.5, 0.6) is 0 Å². The van der Waals surface area contributed by atoms with Crippen molar-refractivity contribution in [2.45, 2.75) is 52.0 Å². The predicted octanol–water partition coefficient (Wildman–Crippen LogP) is 2.91. The molecule has 0 unspecified atom stereocenters. The smallest absolute Gasteiger partial charge is 0.187 e. The minimum atomic E-state index is 0.500. The Labute approximate surface area is 126 Å². The highest BCUT2D eigenvalue weighted by molar-refractivity contribution is 7.80. The second kappa shape index (κ2) is 7.33. The van der Waals surface area contributed by atoms with Gasteiger partial charge in [0, 0.05) is 23.5 Å². The van der Waals surface area contributed by atoms with Crippen molar-refractivity contribution in [3.05, 3.63) is 29.6 Å². The van der Waals surface area contributed by atoms with Crippen LogP contribution in [-0.4, -0.2) is 21.8 Å². The molecular formula is C15H22N4S. The zero-order valence-electron chi connectivity index (χ0n) is 12.1. The summed E-state index contributed by atoms with van der Waals surface area (Å²) >= 11 is 5.28. The van der Waals surface area contributed by atoms with Crippen molar-refractivity contribution in [2.24, 2.45) is 5.10 Å². The number of hydrazone groups is 1. The number of hydrogen-bond acceptors (Lipinski definition) is 3.